The van der Waals surface area contributed by atoms with Crippen LogP contribution in [0.25, 0.3) is 55.3 Å². The maximum absolute atomic E-state index is 2.36. The minimum Gasteiger partial charge on any atom is -0.0622 e. The zero-order valence-corrected chi connectivity index (χ0v) is 15.4. The molecule has 0 unspecified atom stereocenters. The van der Waals surface area contributed by atoms with Gasteiger partial charge in [-0.25, -0.2) is 0 Å². The highest BCUT2D eigenvalue weighted by atomic mass is 14.2. The molecule has 1 aliphatic carbocycles. The first-order valence-corrected chi connectivity index (χ1v) is 9.71. The third-order valence-electron chi connectivity index (χ3n) is 5.79. The van der Waals surface area contributed by atoms with Gasteiger partial charge in [0.05, 0.1) is 0 Å². The van der Waals surface area contributed by atoms with Crippen molar-refractivity contribution in [1.82, 2.24) is 0 Å². The SMILES string of the molecule is c1ccc(-c2cccc(-c3cc4c5c(cccc5c3)-c3ccccc3-4)c2)cc1. The van der Waals surface area contributed by atoms with Gasteiger partial charge in [-0.15, -0.1) is 0 Å². The maximum Gasteiger partial charge on any atom is -0.00259 e. The van der Waals surface area contributed by atoms with Gasteiger partial charge in [-0.05, 0) is 73.5 Å². The first-order valence-electron chi connectivity index (χ1n) is 9.71. The third kappa shape index (κ3) is 2.25. The lowest BCUT2D eigenvalue weighted by atomic mass is 9.94. The molecule has 5 aromatic carbocycles. The van der Waals surface area contributed by atoms with Gasteiger partial charge in [0.1, 0.15) is 0 Å². The molecule has 0 saturated carbocycles. The molecular weight excluding hydrogens is 336 g/mol. The van der Waals surface area contributed by atoms with Crippen molar-refractivity contribution >= 4 is 10.8 Å². The fourth-order valence-electron chi connectivity index (χ4n) is 4.49. The van der Waals surface area contributed by atoms with Crippen LogP contribution in [0.15, 0.2) is 109 Å². The van der Waals surface area contributed by atoms with Crippen LogP contribution in [-0.4, -0.2) is 0 Å². The van der Waals surface area contributed by atoms with E-state index in [2.05, 4.69) is 109 Å². The zero-order valence-electron chi connectivity index (χ0n) is 15.4. The zero-order chi connectivity index (χ0) is 18.5. The number of benzene rings is 5. The van der Waals surface area contributed by atoms with Crippen molar-refractivity contribution < 1.29 is 0 Å². The smallest absolute Gasteiger partial charge is 0.00259 e. The van der Waals surface area contributed by atoms with E-state index in [1.807, 2.05) is 0 Å². The van der Waals surface area contributed by atoms with Gasteiger partial charge in [-0.2, -0.15) is 0 Å². The summed E-state index contributed by atoms with van der Waals surface area (Å²) < 4.78 is 0. The summed E-state index contributed by atoms with van der Waals surface area (Å²) in [5.74, 6) is 0. The molecule has 0 heterocycles. The second kappa shape index (κ2) is 5.94. The topological polar surface area (TPSA) is 0 Å². The second-order valence-electron chi connectivity index (χ2n) is 7.42. The summed E-state index contributed by atoms with van der Waals surface area (Å²) in [5, 5.41) is 2.69. The number of fused-ring (bicyclic) bond motifs is 3. The molecule has 0 bridgehead atoms. The molecule has 0 fully saturated rings. The van der Waals surface area contributed by atoms with E-state index in [4.69, 9.17) is 0 Å². The quantitative estimate of drug-likeness (QED) is 0.297. The first kappa shape index (κ1) is 15.4. The minimum atomic E-state index is 1.25. The summed E-state index contributed by atoms with van der Waals surface area (Å²) in [7, 11) is 0. The van der Waals surface area contributed by atoms with Crippen molar-refractivity contribution in [2.75, 3.05) is 0 Å². The van der Waals surface area contributed by atoms with Crippen LogP contribution in [-0.2, 0) is 0 Å². The Labute approximate surface area is 164 Å². The van der Waals surface area contributed by atoms with Crippen molar-refractivity contribution in [2.24, 2.45) is 0 Å². The Morgan fingerprint density at radius 2 is 0.929 bits per heavy atom. The standard InChI is InChI=1S/C28H18/c1-2-8-19(9-3-1)20-10-6-11-21(16-20)23-17-22-12-7-15-26-24-13-4-5-14-25(24)27(18-23)28(22)26/h1-18H. The van der Waals surface area contributed by atoms with Gasteiger partial charge in [0.2, 0.25) is 0 Å². The molecule has 0 saturated heterocycles. The Morgan fingerprint density at radius 1 is 0.321 bits per heavy atom. The predicted octanol–water partition coefficient (Wildman–Crippen LogP) is 7.82. The Morgan fingerprint density at radius 3 is 1.75 bits per heavy atom. The number of hydrogen-bond donors (Lipinski definition) is 0. The molecule has 5 aromatic rings. The van der Waals surface area contributed by atoms with Crippen molar-refractivity contribution in [2.45, 2.75) is 0 Å². The van der Waals surface area contributed by atoms with Gasteiger partial charge in [0.25, 0.3) is 0 Å². The highest BCUT2D eigenvalue weighted by Gasteiger charge is 2.21. The molecule has 0 aliphatic heterocycles. The fourth-order valence-corrected chi connectivity index (χ4v) is 4.49. The molecule has 0 atom stereocenters. The van der Waals surface area contributed by atoms with E-state index in [-0.39, 0.29) is 0 Å². The molecule has 0 radical (unpaired) electrons. The molecule has 28 heavy (non-hydrogen) atoms. The van der Waals surface area contributed by atoms with Crippen LogP contribution in [0.1, 0.15) is 0 Å². The Balaban J connectivity index is 1.58. The van der Waals surface area contributed by atoms with Crippen molar-refractivity contribution in [3.05, 3.63) is 109 Å². The van der Waals surface area contributed by atoms with Gasteiger partial charge in [0.15, 0.2) is 0 Å². The lowest BCUT2D eigenvalue weighted by Gasteiger charge is -2.10. The predicted molar refractivity (Wildman–Crippen MR) is 119 cm³/mol. The molecule has 0 heteroatoms. The van der Waals surface area contributed by atoms with Gasteiger partial charge in [-0.3, -0.25) is 0 Å². The molecule has 1 aliphatic rings. The monoisotopic (exact) mass is 354 g/mol. The summed E-state index contributed by atoms with van der Waals surface area (Å²) in [6, 6.07) is 39.5. The van der Waals surface area contributed by atoms with Crippen molar-refractivity contribution in [1.29, 1.82) is 0 Å². The van der Waals surface area contributed by atoms with E-state index < -0.39 is 0 Å². The Bertz CT molecular complexity index is 1340. The Kier molecular flexibility index (Phi) is 3.27. The minimum absolute atomic E-state index is 1.25. The molecule has 0 aromatic heterocycles. The van der Waals surface area contributed by atoms with E-state index in [1.165, 1.54) is 55.3 Å². The van der Waals surface area contributed by atoms with Crippen LogP contribution >= 0.6 is 0 Å². The van der Waals surface area contributed by atoms with Crippen LogP contribution in [0.3, 0.4) is 0 Å². The maximum atomic E-state index is 2.36. The largest absolute Gasteiger partial charge is 0.0622 e. The summed E-state index contributed by atoms with van der Waals surface area (Å²) >= 11 is 0. The normalized spacial score (nSPS) is 11.6. The first-order chi connectivity index (χ1) is 13.9. The number of hydrogen-bond acceptors (Lipinski definition) is 0. The average molecular weight is 354 g/mol. The third-order valence-corrected chi connectivity index (χ3v) is 5.79. The second-order valence-corrected chi connectivity index (χ2v) is 7.42. The van der Waals surface area contributed by atoms with E-state index in [1.54, 1.807) is 0 Å². The fraction of sp³-hybridized carbons (Fsp3) is 0. The van der Waals surface area contributed by atoms with E-state index in [0.29, 0.717) is 0 Å². The van der Waals surface area contributed by atoms with Crippen LogP contribution in [0.2, 0.25) is 0 Å². The average Bonchev–Trinajstić information content (AvgIpc) is 3.10. The summed E-state index contributed by atoms with van der Waals surface area (Å²) in [5.41, 5.74) is 10.4. The van der Waals surface area contributed by atoms with Gasteiger partial charge < -0.3 is 0 Å². The molecule has 0 nitrogen and oxygen atoms in total. The van der Waals surface area contributed by atoms with Crippen LogP contribution in [0.4, 0.5) is 0 Å². The van der Waals surface area contributed by atoms with Crippen molar-refractivity contribution in [3.63, 3.8) is 0 Å². The summed E-state index contributed by atoms with van der Waals surface area (Å²) in [4.78, 5) is 0. The van der Waals surface area contributed by atoms with Gasteiger partial charge in [-0.1, -0.05) is 91.0 Å². The lowest BCUT2D eigenvalue weighted by molar-refractivity contribution is 1.60. The molecule has 0 amide bonds. The number of rotatable bonds is 2. The van der Waals surface area contributed by atoms with Crippen molar-refractivity contribution in [3.8, 4) is 44.5 Å². The Hall–Kier alpha value is -3.64. The highest BCUT2D eigenvalue weighted by Crippen LogP contribution is 2.48. The molecule has 6 rings (SSSR count). The molecule has 0 N–H and O–H groups in total. The molecule has 130 valence electrons. The lowest BCUT2D eigenvalue weighted by Crippen LogP contribution is -1.84. The van der Waals surface area contributed by atoms with Crippen LogP contribution in [0.5, 0.6) is 0 Å². The van der Waals surface area contributed by atoms with E-state index in [0.717, 1.165) is 0 Å². The summed E-state index contributed by atoms with van der Waals surface area (Å²) in [6.45, 7) is 0. The van der Waals surface area contributed by atoms with E-state index in [9.17, 15) is 0 Å². The molecular formula is C28H18. The van der Waals surface area contributed by atoms with Gasteiger partial charge in [0, 0.05) is 0 Å². The highest BCUT2D eigenvalue weighted by molar-refractivity contribution is 6.16. The van der Waals surface area contributed by atoms with E-state index >= 15 is 0 Å². The van der Waals surface area contributed by atoms with Gasteiger partial charge >= 0.3 is 0 Å². The molecule has 0 spiro atoms. The van der Waals surface area contributed by atoms with Crippen LogP contribution < -0.4 is 0 Å². The van der Waals surface area contributed by atoms with Crippen LogP contribution in [0, 0.1) is 0 Å². The summed E-state index contributed by atoms with van der Waals surface area (Å²) in [6.07, 6.45) is 0.